The van der Waals surface area contributed by atoms with Crippen LogP contribution < -0.4 is 0 Å². The van der Waals surface area contributed by atoms with Crippen molar-refractivity contribution in [3.8, 4) is 0 Å². The second-order valence-corrected chi connectivity index (χ2v) is 8.64. The van der Waals surface area contributed by atoms with Crippen molar-refractivity contribution in [2.45, 2.75) is 59.2 Å². The Kier molecular flexibility index (Phi) is 7.12. The standard InChI is InChI=1S/C21H36N4O3/c1-4-24-16-22-11-19(24)13-23-8-5-21(6-9-23)7-10-25(12-18(21)14-26)20(27)15-28-17(2)3/h11,16-18,26H,4-10,12-15H2,1-3H3. The molecule has 1 amide bonds. The van der Waals surface area contributed by atoms with Crippen LogP contribution in [0.3, 0.4) is 0 Å². The van der Waals surface area contributed by atoms with Crippen LogP contribution in [0.1, 0.15) is 45.7 Å². The Balaban J connectivity index is 1.54. The molecule has 1 aromatic rings. The molecule has 3 heterocycles. The summed E-state index contributed by atoms with van der Waals surface area (Å²) >= 11 is 0. The van der Waals surface area contributed by atoms with Crippen LogP contribution in [0.15, 0.2) is 12.5 Å². The van der Waals surface area contributed by atoms with Gasteiger partial charge in [-0.3, -0.25) is 9.69 Å². The quantitative estimate of drug-likeness (QED) is 0.766. The van der Waals surface area contributed by atoms with Gasteiger partial charge in [-0.1, -0.05) is 0 Å². The molecule has 158 valence electrons. The summed E-state index contributed by atoms with van der Waals surface area (Å²) in [7, 11) is 0. The number of rotatable bonds is 7. The highest BCUT2D eigenvalue weighted by molar-refractivity contribution is 5.77. The molecule has 2 aliphatic rings. The number of hydrogen-bond donors (Lipinski definition) is 1. The van der Waals surface area contributed by atoms with Crippen molar-refractivity contribution in [1.82, 2.24) is 19.4 Å². The highest BCUT2D eigenvalue weighted by atomic mass is 16.5. The van der Waals surface area contributed by atoms with Crippen LogP contribution in [0.25, 0.3) is 0 Å². The molecule has 1 N–H and O–H groups in total. The Morgan fingerprint density at radius 3 is 2.68 bits per heavy atom. The first kappa shape index (κ1) is 21.3. The van der Waals surface area contributed by atoms with Gasteiger partial charge in [0.05, 0.1) is 18.1 Å². The SMILES string of the molecule is CCn1cncc1CN1CCC2(CC1)CCN(C(=O)COC(C)C)CC2CO. The van der Waals surface area contributed by atoms with Crippen LogP contribution in [-0.4, -0.2) is 75.9 Å². The molecular weight excluding hydrogens is 356 g/mol. The van der Waals surface area contributed by atoms with Crippen molar-refractivity contribution in [2.24, 2.45) is 11.3 Å². The van der Waals surface area contributed by atoms with Crippen LogP contribution in [-0.2, 0) is 22.6 Å². The normalized spacial score (nSPS) is 22.9. The lowest BCUT2D eigenvalue weighted by Crippen LogP contribution is -2.55. The van der Waals surface area contributed by atoms with Gasteiger partial charge in [0.1, 0.15) is 6.61 Å². The number of piperidine rings is 2. The lowest BCUT2D eigenvalue weighted by molar-refractivity contribution is -0.144. The zero-order valence-electron chi connectivity index (χ0n) is 17.6. The van der Waals surface area contributed by atoms with E-state index in [0.717, 1.165) is 52.0 Å². The molecule has 0 bridgehead atoms. The van der Waals surface area contributed by atoms with E-state index in [1.54, 1.807) is 0 Å². The largest absolute Gasteiger partial charge is 0.396 e. The molecule has 1 spiro atoms. The molecule has 0 aliphatic carbocycles. The maximum absolute atomic E-state index is 12.4. The molecule has 0 saturated carbocycles. The number of imidazole rings is 1. The molecule has 2 saturated heterocycles. The third kappa shape index (κ3) is 4.75. The third-order valence-corrected chi connectivity index (χ3v) is 6.68. The van der Waals surface area contributed by atoms with E-state index >= 15 is 0 Å². The average molecular weight is 393 g/mol. The summed E-state index contributed by atoms with van der Waals surface area (Å²) in [5, 5.41) is 10.1. The van der Waals surface area contributed by atoms with Gasteiger partial charge in [-0.15, -0.1) is 0 Å². The minimum absolute atomic E-state index is 0.0484. The number of amides is 1. The number of aryl methyl sites for hydroxylation is 1. The van der Waals surface area contributed by atoms with Crippen molar-refractivity contribution < 1.29 is 14.6 Å². The fourth-order valence-electron chi connectivity index (χ4n) is 4.73. The van der Waals surface area contributed by atoms with E-state index in [9.17, 15) is 9.90 Å². The van der Waals surface area contributed by atoms with Gasteiger partial charge in [-0.2, -0.15) is 0 Å². The molecule has 2 aliphatic heterocycles. The Labute approximate surface area is 168 Å². The molecule has 2 fully saturated rings. The van der Waals surface area contributed by atoms with Gasteiger partial charge < -0.3 is 19.3 Å². The molecule has 3 rings (SSSR count). The first-order chi connectivity index (χ1) is 13.5. The number of likely N-dealkylation sites (tertiary alicyclic amines) is 2. The first-order valence-corrected chi connectivity index (χ1v) is 10.7. The summed E-state index contributed by atoms with van der Waals surface area (Å²) in [6.45, 7) is 11.7. The maximum atomic E-state index is 12.4. The number of hydrogen-bond acceptors (Lipinski definition) is 5. The van der Waals surface area contributed by atoms with Gasteiger partial charge in [-0.25, -0.2) is 4.98 Å². The van der Waals surface area contributed by atoms with E-state index in [2.05, 4.69) is 21.4 Å². The Bertz CT molecular complexity index is 637. The van der Waals surface area contributed by atoms with Gasteiger partial charge in [0.2, 0.25) is 5.91 Å². The van der Waals surface area contributed by atoms with Gasteiger partial charge in [0.25, 0.3) is 0 Å². The fraction of sp³-hybridized carbons (Fsp3) is 0.810. The Hall–Kier alpha value is -1.44. The monoisotopic (exact) mass is 392 g/mol. The predicted molar refractivity (Wildman–Crippen MR) is 108 cm³/mol. The summed E-state index contributed by atoms with van der Waals surface area (Å²) in [6, 6.07) is 0. The maximum Gasteiger partial charge on any atom is 0.248 e. The van der Waals surface area contributed by atoms with Crippen LogP contribution in [0.4, 0.5) is 0 Å². The Morgan fingerprint density at radius 2 is 2.04 bits per heavy atom. The molecule has 0 radical (unpaired) electrons. The van der Waals surface area contributed by atoms with Crippen molar-refractivity contribution in [1.29, 1.82) is 0 Å². The Morgan fingerprint density at radius 1 is 1.32 bits per heavy atom. The smallest absolute Gasteiger partial charge is 0.248 e. The summed E-state index contributed by atoms with van der Waals surface area (Å²) in [5.41, 5.74) is 1.43. The molecule has 1 atom stereocenters. The van der Waals surface area contributed by atoms with Gasteiger partial charge >= 0.3 is 0 Å². The van der Waals surface area contributed by atoms with Crippen LogP contribution in [0, 0.1) is 11.3 Å². The van der Waals surface area contributed by atoms with Crippen molar-refractivity contribution in [3.05, 3.63) is 18.2 Å². The number of aliphatic hydroxyl groups is 1. The second kappa shape index (κ2) is 9.37. The van der Waals surface area contributed by atoms with E-state index in [4.69, 9.17) is 4.74 Å². The number of ether oxygens (including phenoxy) is 1. The van der Waals surface area contributed by atoms with Gasteiger partial charge in [0, 0.05) is 44.9 Å². The highest BCUT2D eigenvalue weighted by Gasteiger charge is 2.45. The molecule has 28 heavy (non-hydrogen) atoms. The summed E-state index contributed by atoms with van der Waals surface area (Å²) in [5.74, 6) is 0.208. The van der Waals surface area contributed by atoms with Crippen molar-refractivity contribution in [2.75, 3.05) is 39.4 Å². The van der Waals surface area contributed by atoms with E-state index in [1.165, 1.54) is 5.69 Å². The van der Waals surface area contributed by atoms with Crippen LogP contribution in [0.5, 0.6) is 0 Å². The summed E-state index contributed by atoms with van der Waals surface area (Å²) in [4.78, 5) is 21.1. The van der Waals surface area contributed by atoms with E-state index in [-0.39, 0.29) is 36.6 Å². The molecule has 1 unspecified atom stereocenters. The van der Waals surface area contributed by atoms with Crippen molar-refractivity contribution in [3.63, 3.8) is 0 Å². The molecule has 0 aromatic carbocycles. The van der Waals surface area contributed by atoms with Gasteiger partial charge in [0.15, 0.2) is 0 Å². The molecule has 1 aromatic heterocycles. The second-order valence-electron chi connectivity index (χ2n) is 8.64. The average Bonchev–Trinajstić information content (AvgIpc) is 3.15. The van der Waals surface area contributed by atoms with Crippen molar-refractivity contribution >= 4 is 5.91 Å². The minimum atomic E-state index is 0.0484. The highest BCUT2D eigenvalue weighted by Crippen LogP contribution is 2.45. The van der Waals surface area contributed by atoms with E-state index in [1.807, 2.05) is 31.3 Å². The minimum Gasteiger partial charge on any atom is -0.396 e. The topological polar surface area (TPSA) is 70.8 Å². The zero-order chi connectivity index (χ0) is 20.1. The van der Waals surface area contributed by atoms with Crippen LogP contribution >= 0.6 is 0 Å². The predicted octanol–water partition coefficient (Wildman–Crippen LogP) is 1.75. The van der Waals surface area contributed by atoms with E-state index < -0.39 is 0 Å². The number of carbonyl (C=O) groups excluding carboxylic acids is 1. The fourth-order valence-corrected chi connectivity index (χ4v) is 4.73. The zero-order valence-corrected chi connectivity index (χ0v) is 17.6. The number of carbonyl (C=O) groups is 1. The third-order valence-electron chi connectivity index (χ3n) is 6.68. The lowest BCUT2D eigenvalue weighted by atomic mass is 9.64. The van der Waals surface area contributed by atoms with Crippen LogP contribution in [0.2, 0.25) is 0 Å². The van der Waals surface area contributed by atoms with Gasteiger partial charge in [-0.05, 0) is 58.5 Å². The number of aromatic nitrogens is 2. The summed E-state index contributed by atoms with van der Waals surface area (Å²) in [6.07, 6.45) is 7.08. The summed E-state index contributed by atoms with van der Waals surface area (Å²) < 4.78 is 7.68. The molecule has 7 heteroatoms. The molecule has 7 nitrogen and oxygen atoms in total. The number of nitrogens with zero attached hydrogens (tertiary/aromatic N) is 4. The number of aliphatic hydroxyl groups excluding tert-OH is 1. The first-order valence-electron chi connectivity index (χ1n) is 10.7. The lowest BCUT2D eigenvalue weighted by Gasteiger charge is -2.51. The van der Waals surface area contributed by atoms with E-state index in [0.29, 0.717) is 6.54 Å². The molecular formula is C21H36N4O3.